The lowest BCUT2D eigenvalue weighted by molar-refractivity contribution is -0.0403. The number of hydrogen-bond donors (Lipinski definition) is 1. The molecule has 1 aliphatic heterocycles. The maximum absolute atomic E-state index is 5.80. The monoisotopic (exact) mass is 281 g/mol. The van der Waals surface area contributed by atoms with Gasteiger partial charge in [-0.3, -0.25) is 0 Å². The van der Waals surface area contributed by atoms with E-state index < -0.39 is 5.60 Å². The molecular weight excluding hydrogens is 254 g/mol. The van der Waals surface area contributed by atoms with Crippen LogP contribution in [0, 0.1) is 5.92 Å². The Hall–Kier alpha value is -0.940. The van der Waals surface area contributed by atoms with Gasteiger partial charge in [0.1, 0.15) is 5.60 Å². The van der Waals surface area contributed by atoms with Gasteiger partial charge in [0, 0.05) is 6.61 Å². The van der Waals surface area contributed by atoms with Gasteiger partial charge in [0.2, 0.25) is 11.7 Å². The third kappa shape index (κ3) is 3.20. The molecule has 1 N–H and O–H groups in total. The van der Waals surface area contributed by atoms with Crippen LogP contribution in [0.4, 0.5) is 0 Å². The van der Waals surface area contributed by atoms with Gasteiger partial charge in [-0.1, -0.05) is 25.4 Å². The third-order valence-corrected chi connectivity index (χ3v) is 4.44. The number of nitrogens with one attached hydrogen (secondary N) is 1. The van der Waals surface area contributed by atoms with Gasteiger partial charge in [0.25, 0.3) is 0 Å². The summed E-state index contributed by atoms with van der Waals surface area (Å²) in [5, 5.41) is 7.63. The molecule has 1 saturated heterocycles. The molecule has 2 heterocycles. The lowest BCUT2D eigenvalue weighted by Crippen LogP contribution is -2.32. The molecule has 0 amide bonds. The van der Waals surface area contributed by atoms with Crippen LogP contribution in [0.25, 0.3) is 0 Å². The molecule has 0 radical (unpaired) electrons. The standard InChI is InChI=1S/C15H27N3O2/c1-5-11-8-9-16-12(10-11)13-17-14(18-20-13)15(4,6-2)19-7-3/h11-12,16H,5-10H2,1-4H3. The molecule has 2 rings (SSSR count). The molecule has 5 nitrogen and oxygen atoms in total. The minimum atomic E-state index is -0.449. The average molecular weight is 281 g/mol. The summed E-state index contributed by atoms with van der Waals surface area (Å²) in [5.74, 6) is 2.12. The summed E-state index contributed by atoms with van der Waals surface area (Å²) in [4.78, 5) is 4.60. The SMILES string of the molecule is CCOC(C)(CC)c1noc(C2CC(CC)CCN2)n1. The Morgan fingerprint density at radius 3 is 2.85 bits per heavy atom. The Morgan fingerprint density at radius 1 is 1.40 bits per heavy atom. The number of nitrogens with zero attached hydrogens (tertiary/aromatic N) is 2. The first-order valence-electron chi connectivity index (χ1n) is 7.84. The zero-order valence-corrected chi connectivity index (χ0v) is 13.1. The first-order chi connectivity index (χ1) is 9.62. The second kappa shape index (κ2) is 6.68. The topological polar surface area (TPSA) is 60.2 Å². The van der Waals surface area contributed by atoms with Gasteiger partial charge in [0.15, 0.2) is 0 Å². The maximum Gasteiger partial charge on any atom is 0.243 e. The van der Waals surface area contributed by atoms with E-state index in [0.29, 0.717) is 18.3 Å². The highest BCUT2D eigenvalue weighted by molar-refractivity contribution is 5.02. The van der Waals surface area contributed by atoms with Crippen molar-refractivity contribution in [3.8, 4) is 0 Å². The fourth-order valence-electron chi connectivity index (χ4n) is 2.79. The normalized spacial score (nSPS) is 26.4. The van der Waals surface area contributed by atoms with Crippen molar-refractivity contribution < 1.29 is 9.26 Å². The van der Waals surface area contributed by atoms with E-state index in [4.69, 9.17) is 9.26 Å². The van der Waals surface area contributed by atoms with Crippen LogP contribution < -0.4 is 5.32 Å². The number of ether oxygens (including phenoxy) is 1. The minimum Gasteiger partial charge on any atom is -0.367 e. The van der Waals surface area contributed by atoms with E-state index in [0.717, 1.165) is 25.3 Å². The van der Waals surface area contributed by atoms with Gasteiger partial charge >= 0.3 is 0 Å². The maximum atomic E-state index is 5.80. The van der Waals surface area contributed by atoms with Crippen molar-refractivity contribution in [3.63, 3.8) is 0 Å². The van der Waals surface area contributed by atoms with Crippen LogP contribution in [0.3, 0.4) is 0 Å². The summed E-state index contributed by atoms with van der Waals surface area (Å²) in [7, 11) is 0. The van der Waals surface area contributed by atoms with Crippen LogP contribution in [-0.4, -0.2) is 23.3 Å². The van der Waals surface area contributed by atoms with Gasteiger partial charge < -0.3 is 14.6 Å². The molecule has 1 fully saturated rings. The van der Waals surface area contributed by atoms with Crippen LogP contribution in [0.15, 0.2) is 4.52 Å². The highest BCUT2D eigenvalue weighted by Gasteiger charge is 2.33. The summed E-state index contributed by atoms with van der Waals surface area (Å²) >= 11 is 0. The molecule has 0 spiro atoms. The summed E-state index contributed by atoms with van der Waals surface area (Å²) in [6, 6.07) is 0.192. The van der Waals surface area contributed by atoms with Crippen molar-refractivity contribution in [2.45, 2.75) is 65.0 Å². The van der Waals surface area contributed by atoms with Crippen LogP contribution >= 0.6 is 0 Å². The molecule has 0 aliphatic carbocycles. The van der Waals surface area contributed by atoms with Crippen molar-refractivity contribution >= 4 is 0 Å². The van der Waals surface area contributed by atoms with E-state index in [1.165, 1.54) is 12.8 Å². The van der Waals surface area contributed by atoms with E-state index in [1.807, 2.05) is 13.8 Å². The molecular formula is C15H27N3O2. The van der Waals surface area contributed by atoms with E-state index in [-0.39, 0.29) is 6.04 Å². The Morgan fingerprint density at radius 2 is 2.20 bits per heavy atom. The van der Waals surface area contributed by atoms with Crippen LogP contribution in [0.5, 0.6) is 0 Å². The number of aromatic nitrogens is 2. The first-order valence-corrected chi connectivity index (χ1v) is 7.84. The molecule has 3 atom stereocenters. The fourth-order valence-corrected chi connectivity index (χ4v) is 2.79. The van der Waals surface area contributed by atoms with Crippen molar-refractivity contribution in [1.29, 1.82) is 0 Å². The van der Waals surface area contributed by atoms with Crippen molar-refractivity contribution in [1.82, 2.24) is 15.5 Å². The first kappa shape index (κ1) is 15.4. The molecule has 1 aromatic rings. The van der Waals surface area contributed by atoms with Crippen molar-refractivity contribution in [3.05, 3.63) is 11.7 Å². The fraction of sp³-hybridized carbons (Fsp3) is 0.867. The van der Waals surface area contributed by atoms with E-state index in [1.54, 1.807) is 0 Å². The lowest BCUT2D eigenvalue weighted by Gasteiger charge is -2.27. The second-order valence-electron chi connectivity index (χ2n) is 5.78. The van der Waals surface area contributed by atoms with Gasteiger partial charge in [-0.15, -0.1) is 0 Å². The van der Waals surface area contributed by atoms with E-state index >= 15 is 0 Å². The van der Waals surface area contributed by atoms with E-state index in [2.05, 4.69) is 29.3 Å². The summed E-state index contributed by atoms with van der Waals surface area (Å²) in [6.45, 7) is 10.0. The molecule has 3 unspecified atom stereocenters. The smallest absolute Gasteiger partial charge is 0.243 e. The summed E-state index contributed by atoms with van der Waals surface area (Å²) < 4.78 is 11.3. The predicted octanol–water partition coefficient (Wildman–Crippen LogP) is 3.18. The van der Waals surface area contributed by atoms with Gasteiger partial charge in [-0.05, 0) is 45.6 Å². The average Bonchev–Trinajstić information content (AvgIpc) is 2.98. The summed E-state index contributed by atoms with van der Waals surface area (Å²) in [5.41, 5.74) is -0.449. The highest BCUT2D eigenvalue weighted by atomic mass is 16.5. The van der Waals surface area contributed by atoms with Gasteiger partial charge in [-0.2, -0.15) is 4.98 Å². The molecule has 5 heteroatoms. The van der Waals surface area contributed by atoms with Gasteiger partial charge in [-0.25, -0.2) is 0 Å². The van der Waals surface area contributed by atoms with Crippen molar-refractivity contribution in [2.75, 3.05) is 13.2 Å². The Labute approximate surface area is 121 Å². The molecule has 0 aromatic carbocycles. The number of rotatable bonds is 6. The Balaban J connectivity index is 2.11. The number of piperidine rings is 1. The minimum absolute atomic E-state index is 0.192. The molecule has 0 saturated carbocycles. The van der Waals surface area contributed by atoms with Gasteiger partial charge in [0.05, 0.1) is 6.04 Å². The molecule has 1 aromatic heterocycles. The number of hydrogen-bond acceptors (Lipinski definition) is 5. The lowest BCUT2D eigenvalue weighted by atomic mass is 9.90. The zero-order valence-electron chi connectivity index (χ0n) is 13.1. The Bertz CT molecular complexity index is 421. The Kier molecular flexibility index (Phi) is 5.16. The second-order valence-corrected chi connectivity index (χ2v) is 5.78. The van der Waals surface area contributed by atoms with E-state index in [9.17, 15) is 0 Å². The van der Waals surface area contributed by atoms with Crippen LogP contribution in [0.1, 0.15) is 71.1 Å². The zero-order chi connectivity index (χ0) is 14.6. The van der Waals surface area contributed by atoms with Crippen molar-refractivity contribution in [2.24, 2.45) is 5.92 Å². The predicted molar refractivity (Wildman–Crippen MR) is 77.3 cm³/mol. The molecule has 1 aliphatic rings. The quantitative estimate of drug-likeness (QED) is 0.867. The molecule has 0 bridgehead atoms. The summed E-state index contributed by atoms with van der Waals surface area (Å²) in [6.07, 6.45) is 4.36. The largest absolute Gasteiger partial charge is 0.367 e. The van der Waals surface area contributed by atoms with Crippen LogP contribution in [-0.2, 0) is 10.3 Å². The highest BCUT2D eigenvalue weighted by Crippen LogP contribution is 2.31. The molecule has 20 heavy (non-hydrogen) atoms. The van der Waals surface area contributed by atoms with Crippen LogP contribution in [0.2, 0.25) is 0 Å². The third-order valence-electron chi connectivity index (χ3n) is 4.44. The molecule has 114 valence electrons.